The molecule has 2 heterocycles. The van der Waals surface area contributed by atoms with Crippen molar-refractivity contribution in [1.82, 2.24) is 15.0 Å². The van der Waals surface area contributed by atoms with E-state index in [9.17, 15) is 0 Å². The second kappa shape index (κ2) is 12.1. The molecule has 0 saturated carbocycles. The molecule has 7 aromatic carbocycles. The Morgan fingerprint density at radius 3 is 1.63 bits per heavy atom. The number of pyridine rings is 1. The molecule has 0 amide bonds. The summed E-state index contributed by atoms with van der Waals surface area (Å²) in [6.45, 7) is 11.5. The molecule has 0 spiro atoms. The number of rotatable bonds is 4. The van der Waals surface area contributed by atoms with E-state index in [0.29, 0.717) is 5.82 Å². The number of benzene rings is 7. The van der Waals surface area contributed by atoms with E-state index < -0.39 is 0 Å². The first-order chi connectivity index (χ1) is 27.6. The largest absolute Gasteiger partial charge is 0.250 e. The molecule has 0 aliphatic heterocycles. The first-order valence-corrected chi connectivity index (χ1v) is 19.9. The fourth-order valence-corrected chi connectivity index (χ4v) is 9.80. The van der Waals surface area contributed by atoms with Crippen LogP contribution in [-0.4, -0.2) is 15.0 Å². The zero-order valence-electron chi connectivity index (χ0n) is 32.9. The van der Waals surface area contributed by atoms with E-state index in [4.69, 9.17) is 15.0 Å². The summed E-state index contributed by atoms with van der Waals surface area (Å²) in [5, 5.41) is 4.76. The minimum atomic E-state index is -0.197. The van der Waals surface area contributed by atoms with Gasteiger partial charge in [-0.1, -0.05) is 149 Å². The number of fused-ring (bicyclic) bond motifs is 8. The normalized spacial score (nSPS) is 14.3. The van der Waals surface area contributed by atoms with Crippen molar-refractivity contribution in [3.05, 3.63) is 186 Å². The van der Waals surface area contributed by atoms with Gasteiger partial charge >= 0.3 is 0 Å². The van der Waals surface area contributed by atoms with Gasteiger partial charge in [0, 0.05) is 27.7 Å². The molecule has 11 rings (SSSR count). The third-order valence-corrected chi connectivity index (χ3v) is 12.7. The van der Waals surface area contributed by atoms with Gasteiger partial charge in [-0.05, 0) is 121 Å². The summed E-state index contributed by atoms with van der Waals surface area (Å²) < 4.78 is 0. The number of nitrogens with zero attached hydrogens (tertiary/aromatic N) is 3. The molecule has 0 unspecified atom stereocenters. The van der Waals surface area contributed by atoms with Crippen LogP contribution in [0.5, 0.6) is 0 Å². The van der Waals surface area contributed by atoms with E-state index >= 15 is 0 Å². The van der Waals surface area contributed by atoms with Crippen LogP contribution in [-0.2, 0) is 10.8 Å². The zero-order chi connectivity index (χ0) is 38.6. The first-order valence-electron chi connectivity index (χ1n) is 19.9. The Labute approximate surface area is 333 Å². The molecule has 0 atom stereocenters. The van der Waals surface area contributed by atoms with Gasteiger partial charge in [0.05, 0.1) is 11.4 Å². The highest BCUT2D eigenvalue weighted by Gasteiger charge is 2.41. The Morgan fingerprint density at radius 2 is 0.895 bits per heavy atom. The van der Waals surface area contributed by atoms with Crippen LogP contribution in [0.25, 0.3) is 89.0 Å². The predicted octanol–water partition coefficient (Wildman–Crippen LogP) is 13.8. The number of hydrogen-bond donors (Lipinski definition) is 0. The number of aromatic nitrogens is 3. The molecule has 57 heavy (non-hydrogen) atoms. The molecule has 272 valence electrons. The minimum absolute atomic E-state index is 0.0551. The van der Waals surface area contributed by atoms with Gasteiger partial charge in [-0.15, -0.1) is 0 Å². The van der Waals surface area contributed by atoms with Crippen molar-refractivity contribution in [3.63, 3.8) is 0 Å². The van der Waals surface area contributed by atoms with Crippen LogP contribution in [0.4, 0.5) is 0 Å². The Kier molecular flexibility index (Phi) is 7.16. The summed E-state index contributed by atoms with van der Waals surface area (Å²) in [7, 11) is 0. The Balaban J connectivity index is 1.09. The third-order valence-electron chi connectivity index (χ3n) is 12.7. The molecule has 9 aromatic rings. The lowest BCUT2D eigenvalue weighted by Gasteiger charge is -2.24. The SMILES string of the molecule is Cc1cc(-c2cccc3ccccc23)cc(-c2nc(-c3ccc4c(c3)C(C)(C)c3cc5c(cc3-4)C(C)(C)c3ccccc3-5)cc(-c3cccc4ccccc34)n2)n1. The van der Waals surface area contributed by atoms with Gasteiger partial charge < -0.3 is 0 Å². The molecule has 3 nitrogen and oxygen atoms in total. The summed E-state index contributed by atoms with van der Waals surface area (Å²) in [5.74, 6) is 0.612. The molecule has 3 heteroatoms. The molecule has 0 radical (unpaired) electrons. The molecule has 0 N–H and O–H groups in total. The molecular weight excluding hydrogens is 691 g/mol. The molecule has 2 aromatic heterocycles. The smallest absolute Gasteiger partial charge is 0.179 e. The van der Waals surface area contributed by atoms with Crippen molar-refractivity contribution in [2.24, 2.45) is 0 Å². The van der Waals surface area contributed by atoms with Crippen LogP contribution in [0, 0.1) is 6.92 Å². The van der Waals surface area contributed by atoms with Crippen molar-refractivity contribution < 1.29 is 0 Å². The fraction of sp³-hybridized carbons (Fsp3) is 0.130. The lowest BCUT2D eigenvalue weighted by atomic mass is 9.79. The van der Waals surface area contributed by atoms with Gasteiger partial charge in [0.2, 0.25) is 0 Å². The second-order valence-corrected chi connectivity index (χ2v) is 16.9. The molecular formula is C54H41N3. The van der Waals surface area contributed by atoms with Crippen LogP contribution in [0.1, 0.15) is 55.6 Å². The van der Waals surface area contributed by atoms with E-state index in [1.165, 1.54) is 66.2 Å². The van der Waals surface area contributed by atoms with E-state index in [1.807, 2.05) is 0 Å². The summed E-state index contributed by atoms with van der Waals surface area (Å²) >= 11 is 0. The van der Waals surface area contributed by atoms with E-state index in [2.05, 4.69) is 192 Å². The summed E-state index contributed by atoms with van der Waals surface area (Å²) in [6.07, 6.45) is 0. The highest BCUT2D eigenvalue weighted by Crippen LogP contribution is 2.56. The molecule has 2 aliphatic rings. The quantitative estimate of drug-likeness (QED) is 0.181. The van der Waals surface area contributed by atoms with E-state index in [0.717, 1.165) is 44.9 Å². The minimum Gasteiger partial charge on any atom is -0.250 e. The van der Waals surface area contributed by atoms with Crippen molar-refractivity contribution in [1.29, 1.82) is 0 Å². The molecule has 0 saturated heterocycles. The van der Waals surface area contributed by atoms with Crippen LogP contribution < -0.4 is 0 Å². The maximum Gasteiger partial charge on any atom is 0.179 e. The van der Waals surface area contributed by atoms with Gasteiger partial charge in [-0.25, -0.2) is 15.0 Å². The van der Waals surface area contributed by atoms with Crippen molar-refractivity contribution >= 4 is 21.5 Å². The molecule has 2 aliphatic carbocycles. The van der Waals surface area contributed by atoms with Gasteiger partial charge in [0.1, 0.15) is 5.69 Å². The fourth-order valence-electron chi connectivity index (χ4n) is 9.80. The number of hydrogen-bond acceptors (Lipinski definition) is 3. The Morgan fingerprint density at radius 1 is 0.351 bits per heavy atom. The highest BCUT2D eigenvalue weighted by atomic mass is 14.9. The van der Waals surface area contributed by atoms with Crippen molar-refractivity contribution in [3.8, 4) is 67.4 Å². The zero-order valence-corrected chi connectivity index (χ0v) is 32.9. The monoisotopic (exact) mass is 731 g/mol. The van der Waals surface area contributed by atoms with Crippen molar-refractivity contribution in [2.45, 2.75) is 45.4 Å². The van der Waals surface area contributed by atoms with Gasteiger partial charge in [-0.3, -0.25) is 0 Å². The standard InChI is InChI=1S/C54H41N3/c1-32-26-36(39-21-12-16-33-14-6-8-18-37(33)39)28-51(55-32)52-56-49(31-50(57-52)42-22-13-17-34-15-7-9-19-38(34)42)35-24-25-41-44-30-47-43(29-48(44)54(4,5)46(41)27-35)40-20-10-11-23-45(40)53(47,2)3/h6-31H,1-5H3. The van der Waals surface area contributed by atoms with Gasteiger partial charge in [0.15, 0.2) is 5.82 Å². The molecule has 0 bridgehead atoms. The maximum absolute atomic E-state index is 5.36. The molecule has 0 fully saturated rings. The van der Waals surface area contributed by atoms with E-state index in [1.54, 1.807) is 0 Å². The second-order valence-electron chi connectivity index (χ2n) is 16.9. The summed E-state index contributed by atoms with van der Waals surface area (Å²) in [4.78, 5) is 15.8. The highest BCUT2D eigenvalue weighted by molar-refractivity contribution is 5.98. The van der Waals surface area contributed by atoms with E-state index in [-0.39, 0.29) is 10.8 Å². The first kappa shape index (κ1) is 33.6. The predicted molar refractivity (Wildman–Crippen MR) is 236 cm³/mol. The van der Waals surface area contributed by atoms with Crippen LogP contribution in [0.15, 0.2) is 158 Å². The van der Waals surface area contributed by atoms with Crippen molar-refractivity contribution in [2.75, 3.05) is 0 Å². The third kappa shape index (κ3) is 5.08. The van der Waals surface area contributed by atoms with Gasteiger partial charge in [0.25, 0.3) is 0 Å². The number of aryl methyl sites for hydroxylation is 1. The summed E-state index contributed by atoms with van der Waals surface area (Å²) in [6, 6.07) is 57.4. The Bertz CT molecular complexity index is 3140. The van der Waals surface area contributed by atoms with Crippen LogP contribution in [0.3, 0.4) is 0 Å². The topological polar surface area (TPSA) is 38.7 Å². The average Bonchev–Trinajstić information content (AvgIpc) is 3.60. The Hall–Kier alpha value is -6.71. The van der Waals surface area contributed by atoms with Crippen LogP contribution >= 0.6 is 0 Å². The lowest BCUT2D eigenvalue weighted by molar-refractivity contribution is 0.652. The van der Waals surface area contributed by atoms with Gasteiger partial charge in [-0.2, -0.15) is 0 Å². The summed E-state index contributed by atoms with van der Waals surface area (Å²) in [5.41, 5.74) is 18.5. The maximum atomic E-state index is 5.36. The lowest BCUT2D eigenvalue weighted by Crippen LogP contribution is -2.17. The average molecular weight is 732 g/mol. The van der Waals surface area contributed by atoms with Crippen LogP contribution in [0.2, 0.25) is 0 Å².